The number of aromatic nitrogens is 3. The van der Waals surface area contributed by atoms with Gasteiger partial charge in [-0.05, 0) is 19.1 Å². The third-order valence-electron chi connectivity index (χ3n) is 4.89. The van der Waals surface area contributed by atoms with Gasteiger partial charge in [-0.3, -0.25) is 4.99 Å². The summed E-state index contributed by atoms with van der Waals surface area (Å²) in [5.41, 5.74) is 0.275. The van der Waals surface area contributed by atoms with Crippen molar-refractivity contribution in [1.29, 1.82) is 0 Å². The zero-order valence-corrected chi connectivity index (χ0v) is 17.5. The monoisotopic (exact) mass is 435 g/mol. The predicted octanol–water partition coefficient (Wildman–Crippen LogP) is 0.393. The molecule has 4 rings (SSSR count). The Labute approximate surface area is 178 Å². The van der Waals surface area contributed by atoms with E-state index in [0.29, 0.717) is 17.2 Å². The lowest BCUT2D eigenvalue weighted by Crippen LogP contribution is -2.55. The van der Waals surface area contributed by atoms with Crippen molar-refractivity contribution in [2.24, 2.45) is 4.99 Å². The second-order valence-electron chi connectivity index (χ2n) is 6.97. The maximum Gasteiger partial charge on any atom is 0.161 e. The van der Waals surface area contributed by atoms with Crippen molar-refractivity contribution in [3.8, 4) is 11.5 Å². The highest BCUT2D eigenvalue weighted by atomic mass is 32.2. The van der Waals surface area contributed by atoms with Crippen LogP contribution in [0.2, 0.25) is 0 Å². The van der Waals surface area contributed by atoms with Crippen molar-refractivity contribution in [2.75, 3.05) is 13.7 Å². The Bertz CT molecular complexity index is 894. The van der Waals surface area contributed by atoms with Crippen LogP contribution >= 0.6 is 11.8 Å². The van der Waals surface area contributed by atoms with E-state index in [-0.39, 0.29) is 18.6 Å². The number of thioether (sulfide) groups is 1. The molecule has 1 aromatic heterocycles. The molecule has 11 heteroatoms. The largest absolute Gasteiger partial charge is 0.493 e. The molecule has 1 saturated heterocycles. The number of aliphatic hydroxyl groups excluding tert-OH is 2. The number of rotatable bonds is 7. The summed E-state index contributed by atoms with van der Waals surface area (Å²) in [7, 11) is 1.59. The van der Waals surface area contributed by atoms with Gasteiger partial charge in [0.2, 0.25) is 0 Å². The SMILES string of the molecule is CCNC1=N[C@@H]2[C@@H](O)[C@H](O)[C@@H](Cn3cc(COc4ccccc4OC)nn3)O[C@@H]2S1. The summed E-state index contributed by atoms with van der Waals surface area (Å²) in [6, 6.07) is 6.87. The standard InChI is InChI=1S/C19H25N5O5S/c1-3-20-19-21-15-17(26)16(25)14(29-18(15)30-19)9-24-8-11(22-23-24)10-28-13-7-5-4-6-12(13)27-2/h4-8,14-18,25-26H,3,9-10H2,1-2H3,(H,20,21)/t14-,15-,16-,17-,18-/m1/s1. The van der Waals surface area contributed by atoms with Crippen LogP contribution in [0.3, 0.4) is 0 Å². The zero-order chi connectivity index (χ0) is 21.1. The predicted molar refractivity (Wildman–Crippen MR) is 111 cm³/mol. The molecule has 30 heavy (non-hydrogen) atoms. The van der Waals surface area contributed by atoms with Crippen LogP contribution in [0.1, 0.15) is 12.6 Å². The van der Waals surface area contributed by atoms with Crippen LogP contribution < -0.4 is 14.8 Å². The molecular formula is C19H25N5O5S. The Morgan fingerprint density at radius 3 is 2.80 bits per heavy atom. The molecule has 1 aromatic carbocycles. The van der Waals surface area contributed by atoms with Crippen molar-refractivity contribution >= 4 is 16.9 Å². The number of hydrogen-bond donors (Lipinski definition) is 3. The number of fused-ring (bicyclic) bond motifs is 1. The van der Waals surface area contributed by atoms with Crippen LogP contribution in [0, 0.1) is 0 Å². The smallest absolute Gasteiger partial charge is 0.161 e. The number of aliphatic hydroxyl groups is 2. The lowest BCUT2D eigenvalue weighted by atomic mass is 9.98. The van der Waals surface area contributed by atoms with Crippen LogP contribution in [0.4, 0.5) is 0 Å². The molecule has 0 unspecified atom stereocenters. The molecule has 0 aliphatic carbocycles. The summed E-state index contributed by atoms with van der Waals surface area (Å²) in [5, 5.41) is 33.0. The van der Waals surface area contributed by atoms with E-state index in [1.807, 2.05) is 31.2 Å². The number of benzene rings is 1. The van der Waals surface area contributed by atoms with Crippen LogP contribution in [0.5, 0.6) is 11.5 Å². The Hall–Kier alpha value is -2.34. The van der Waals surface area contributed by atoms with Crippen molar-refractivity contribution < 1.29 is 24.4 Å². The molecule has 5 atom stereocenters. The topological polar surface area (TPSA) is 123 Å². The van der Waals surface area contributed by atoms with E-state index in [4.69, 9.17) is 14.2 Å². The van der Waals surface area contributed by atoms with E-state index in [2.05, 4.69) is 20.6 Å². The van der Waals surface area contributed by atoms with Gasteiger partial charge in [-0.15, -0.1) is 5.10 Å². The molecule has 0 radical (unpaired) electrons. The molecule has 1 fully saturated rings. The molecule has 3 heterocycles. The van der Waals surface area contributed by atoms with Gasteiger partial charge in [0.15, 0.2) is 16.7 Å². The molecule has 10 nitrogen and oxygen atoms in total. The molecule has 0 spiro atoms. The van der Waals surface area contributed by atoms with Gasteiger partial charge in [0, 0.05) is 6.54 Å². The fourth-order valence-corrected chi connectivity index (χ4v) is 4.57. The van der Waals surface area contributed by atoms with Crippen molar-refractivity contribution in [3.05, 3.63) is 36.2 Å². The zero-order valence-electron chi connectivity index (χ0n) is 16.7. The first-order chi connectivity index (χ1) is 14.6. The first-order valence-corrected chi connectivity index (χ1v) is 10.6. The third kappa shape index (κ3) is 4.38. The first-order valence-electron chi connectivity index (χ1n) is 9.73. The van der Waals surface area contributed by atoms with E-state index in [1.165, 1.54) is 11.8 Å². The van der Waals surface area contributed by atoms with Gasteiger partial charge in [-0.25, -0.2) is 4.68 Å². The Morgan fingerprint density at radius 2 is 2.03 bits per heavy atom. The highest BCUT2D eigenvalue weighted by Crippen LogP contribution is 2.36. The minimum Gasteiger partial charge on any atom is -0.493 e. The minimum atomic E-state index is -1.07. The van der Waals surface area contributed by atoms with Gasteiger partial charge in [-0.2, -0.15) is 0 Å². The van der Waals surface area contributed by atoms with Gasteiger partial charge in [0.1, 0.15) is 42.1 Å². The molecule has 3 N–H and O–H groups in total. The lowest BCUT2D eigenvalue weighted by molar-refractivity contribution is -0.157. The van der Waals surface area contributed by atoms with E-state index >= 15 is 0 Å². The van der Waals surface area contributed by atoms with E-state index < -0.39 is 24.4 Å². The van der Waals surface area contributed by atoms with Crippen LogP contribution in [0.15, 0.2) is 35.5 Å². The summed E-state index contributed by atoms with van der Waals surface area (Å²) in [5.74, 6) is 1.25. The highest BCUT2D eigenvalue weighted by molar-refractivity contribution is 8.14. The fourth-order valence-electron chi connectivity index (χ4n) is 3.38. The lowest BCUT2D eigenvalue weighted by Gasteiger charge is -2.38. The van der Waals surface area contributed by atoms with Gasteiger partial charge in [0.25, 0.3) is 0 Å². The van der Waals surface area contributed by atoms with E-state index in [1.54, 1.807) is 18.0 Å². The molecule has 0 amide bonds. The maximum absolute atomic E-state index is 10.5. The molecule has 162 valence electrons. The minimum absolute atomic E-state index is 0.220. The van der Waals surface area contributed by atoms with Crippen LogP contribution in [0.25, 0.3) is 0 Å². The Balaban J connectivity index is 1.36. The number of para-hydroxylation sites is 2. The molecule has 2 aliphatic heterocycles. The maximum atomic E-state index is 10.5. The summed E-state index contributed by atoms with van der Waals surface area (Å²) >= 11 is 1.42. The summed E-state index contributed by atoms with van der Waals surface area (Å²) < 4.78 is 18.6. The van der Waals surface area contributed by atoms with Crippen molar-refractivity contribution in [1.82, 2.24) is 20.3 Å². The van der Waals surface area contributed by atoms with Crippen LogP contribution in [-0.2, 0) is 17.9 Å². The second-order valence-corrected chi connectivity index (χ2v) is 8.06. The third-order valence-corrected chi connectivity index (χ3v) is 5.98. The number of nitrogens with one attached hydrogen (secondary N) is 1. The van der Waals surface area contributed by atoms with Gasteiger partial charge in [-0.1, -0.05) is 29.1 Å². The van der Waals surface area contributed by atoms with E-state index in [0.717, 1.165) is 11.7 Å². The first kappa shape index (κ1) is 20.9. The highest BCUT2D eigenvalue weighted by Gasteiger charge is 2.48. The molecule has 2 aliphatic rings. The van der Waals surface area contributed by atoms with Gasteiger partial charge >= 0.3 is 0 Å². The Kier molecular flexibility index (Phi) is 6.42. The van der Waals surface area contributed by atoms with Crippen LogP contribution in [-0.4, -0.2) is 73.8 Å². The van der Waals surface area contributed by atoms with Gasteiger partial charge < -0.3 is 29.7 Å². The average Bonchev–Trinajstić information content (AvgIpc) is 3.37. The fraction of sp³-hybridized carbons (Fsp3) is 0.526. The second kappa shape index (κ2) is 9.21. The number of hydrogen-bond acceptors (Lipinski definition) is 10. The van der Waals surface area contributed by atoms with Crippen molar-refractivity contribution in [3.63, 3.8) is 0 Å². The van der Waals surface area contributed by atoms with Gasteiger partial charge in [0.05, 0.1) is 19.9 Å². The Morgan fingerprint density at radius 1 is 1.23 bits per heavy atom. The normalized spacial score (nSPS) is 28.0. The molecule has 0 saturated carbocycles. The summed E-state index contributed by atoms with van der Waals surface area (Å²) in [6.07, 6.45) is -0.982. The molecule has 2 aromatic rings. The average molecular weight is 436 g/mol. The summed E-state index contributed by atoms with van der Waals surface area (Å²) in [4.78, 5) is 4.42. The van der Waals surface area contributed by atoms with Crippen molar-refractivity contribution in [2.45, 2.75) is 49.9 Å². The molecular weight excluding hydrogens is 410 g/mol. The number of ether oxygens (including phenoxy) is 3. The van der Waals surface area contributed by atoms with E-state index in [9.17, 15) is 10.2 Å². The number of methoxy groups -OCH3 is 1. The quantitative estimate of drug-likeness (QED) is 0.567. The number of nitrogens with zero attached hydrogens (tertiary/aromatic N) is 4. The summed E-state index contributed by atoms with van der Waals surface area (Å²) in [6.45, 7) is 3.17. The molecule has 0 bridgehead atoms. The number of amidine groups is 1. The number of aliphatic imine (C=N–C) groups is 1.